The van der Waals surface area contributed by atoms with Crippen molar-refractivity contribution < 1.29 is 38.1 Å². The summed E-state index contributed by atoms with van der Waals surface area (Å²) in [4.78, 5) is 37.5. The van der Waals surface area contributed by atoms with Crippen molar-refractivity contribution in [1.82, 2.24) is 16.1 Å². The first-order valence-corrected chi connectivity index (χ1v) is 15.4. The van der Waals surface area contributed by atoms with Crippen molar-refractivity contribution in [2.24, 2.45) is 5.10 Å². The molecule has 0 spiro atoms. The van der Waals surface area contributed by atoms with Gasteiger partial charge in [-0.15, -0.1) is 0 Å². The van der Waals surface area contributed by atoms with Gasteiger partial charge in [0.2, 0.25) is 0 Å². The number of ether oxygens (including phenoxy) is 5. The second-order valence-corrected chi connectivity index (χ2v) is 11.4. The molecule has 0 saturated carbocycles. The Bertz CT molecular complexity index is 1680. The number of carbonyl (C=O) groups is 3. The molecule has 12 nitrogen and oxygen atoms in total. The third-order valence-corrected chi connectivity index (χ3v) is 7.44. The maximum Gasteiger partial charge on any atom is 0.338 e. The summed E-state index contributed by atoms with van der Waals surface area (Å²) in [6.45, 7) is 3.36. The molecule has 1 atom stereocenters. The number of urea groups is 1. The van der Waals surface area contributed by atoms with Crippen molar-refractivity contribution in [2.75, 3.05) is 27.4 Å². The van der Waals surface area contributed by atoms with Crippen LogP contribution in [0.15, 0.2) is 71.0 Å². The van der Waals surface area contributed by atoms with Crippen molar-refractivity contribution in [1.29, 1.82) is 0 Å². The van der Waals surface area contributed by atoms with E-state index in [0.29, 0.717) is 33.3 Å². The molecule has 0 aliphatic carbocycles. The molecule has 46 heavy (non-hydrogen) atoms. The van der Waals surface area contributed by atoms with Crippen LogP contribution >= 0.6 is 34.2 Å². The van der Waals surface area contributed by atoms with Crippen molar-refractivity contribution in [3.63, 3.8) is 0 Å². The quantitative estimate of drug-likeness (QED) is 0.0926. The van der Waals surface area contributed by atoms with Gasteiger partial charge in [0.15, 0.2) is 29.6 Å². The fraction of sp³-hybridized carbons (Fsp3) is 0.250. The Labute approximate surface area is 284 Å². The van der Waals surface area contributed by atoms with E-state index in [4.69, 9.17) is 35.3 Å². The number of hydrogen-bond donors (Lipinski definition) is 3. The lowest BCUT2D eigenvalue weighted by Gasteiger charge is -2.28. The van der Waals surface area contributed by atoms with E-state index >= 15 is 0 Å². The Hall–Kier alpha value is -4.50. The van der Waals surface area contributed by atoms with Gasteiger partial charge < -0.3 is 34.3 Å². The molecule has 1 aliphatic rings. The predicted molar refractivity (Wildman–Crippen MR) is 179 cm³/mol. The van der Waals surface area contributed by atoms with Gasteiger partial charge in [-0.25, -0.2) is 15.0 Å². The van der Waals surface area contributed by atoms with Crippen molar-refractivity contribution in [3.8, 4) is 23.0 Å². The number of esters is 1. The van der Waals surface area contributed by atoms with Crippen LogP contribution in [-0.2, 0) is 20.9 Å². The van der Waals surface area contributed by atoms with Crippen LogP contribution in [0, 0.1) is 3.57 Å². The molecule has 0 radical (unpaired) electrons. The highest BCUT2D eigenvalue weighted by atomic mass is 127. The number of benzene rings is 3. The molecule has 242 valence electrons. The highest BCUT2D eigenvalue weighted by Crippen LogP contribution is 2.35. The summed E-state index contributed by atoms with van der Waals surface area (Å²) in [5.41, 5.74) is 5.10. The Morgan fingerprint density at radius 1 is 1.04 bits per heavy atom. The number of hydrogen-bond acceptors (Lipinski definition) is 9. The van der Waals surface area contributed by atoms with Crippen LogP contribution in [-0.4, -0.2) is 51.6 Å². The molecule has 3 amide bonds. The summed E-state index contributed by atoms with van der Waals surface area (Å²) < 4.78 is 28.8. The Balaban J connectivity index is 1.43. The van der Waals surface area contributed by atoms with E-state index in [0.717, 1.165) is 9.13 Å². The number of nitrogens with zero attached hydrogens (tertiary/aromatic N) is 1. The highest BCUT2D eigenvalue weighted by Gasteiger charge is 2.32. The summed E-state index contributed by atoms with van der Waals surface area (Å²) in [6, 6.07) is 14.6. The average Bonchev–Trinajstić information content (AvgIpc) is 3.02. The number of rotatable bonds is 13. The van der Waals surface area contributed by atoms with Crippen LogP contribution in [0.3, 0.4) is 0 Å². The van der Waals surface area contributed by atoms with Gasteiger partial charge in [-0.05, 0) is 84.0 Å². The van der Waals surface area contributed by atoms with Crippen molar-refractivity contribution >= 4 is 58.3 Å². The predicted octanol–water partition coefficient (Wildman–Crippen LogP) is 5.26. The average molecular weight is 763 g/mol. The minimum absolute atomic E-state index is 0.177. The zero-order valence-electron chi connectivity index (χ0n) is 25.4. The minimum atomic E-state index is -0.785. The molecule has 1 aliphatic heterocycles. The molecular weight excluding hydrogens is 731 g/mol. The van der Waals surface area contributed by atoms with E-state index in [-0.39, 0.29) is 36.9 Å². The number of carbonyl (C=O) groups excluding carboxylic acids is 3. The van der Waals surface area contributed by atoms with Gasteiger partial charge in [0.1, 0.15) is 6.61 Å². The molecule has 1 heterocycles. The second kappa shape index (κ2) is 16.2. The van der Waals surface area contributed by atoms with E-state index < -0.39 is 23.9 Å². The highest BCUT2D eigenvalue weighted by molar-refractivity contribution is 14.1. The number of methoxy groups -OCH3 is 2. The lowest BCUT2D eigenvalue weighted by atomic mass is 9.95. The van der Waals surface area contributed by atoms with Crippen LogP contribution in [0.1, 0.15) is 36.6 Å². The first-order valence-electron chi connectivity index (χ1n) is 14.0. The van der Waals surface area contributed by atoms with Gasteiger partial charge in [-0.3, -0.25) is 4.79 Å². The third-order valence-electron chi connectivity index (χ3n) is 6.58. The Morgan fingerprint density at radius 3 is 2.54 bits per heavy atom. The second-order valence-electron chi connectivity index (χ2n) is 9.73. The van der Waals surface area contributed by atoms with Crippen LogP contribution < -0.4 is 35.0 Å². The van der Waals surface area contributed by atoms with Crippen LogP contribution in [0.4, 0.5) is 4.79 Å². The fourth-order valence-electron chi connectivity index (χ4n) is 4.53. The van der Waals surface area contributed by atoms with Crippen LogP contribution in [0.25, 0.3) is 0 Å². The molecule has 0 saturated heterocycles. The molecule has 0 fully saturated rings. The van der Waals surface area contributed by atoms with E-state index in [1.54, 1.807) is 44.2 Å². The smallest absolute Gasteiger partial charge is 0.338 e. The van der Waals surface area contributed by atoms with Gasteiger partial charge >= 0.3 is 12.0 Å². The lowest BCUT2D eigenvalue weighted by molar-refractivity contribution is -0.139. The van der Waals surface area contributed by atoms with Gasteiger partial charge in [0.05, 0.1) is 38.7 Å². The van der Waals surface area contributed by atoms with E-state index in [2.05, 4.69) is 43.8 Å². The van der Waals surface area contributed by atoms with Gasteiger partial charge in [0, 0.05) is 19.9 Å². The molecule has 3 N–H and O–H groups in total. The van der Waals surface area contributed by atoms with Gasteiger partial charge in [0.25, 0.3) is 5.91 Å². The SMILES string of the molecule is CCOC(=O)C1=C(C)NC(=O)N[C@@H]1c1ccc(OCC(=O)N/N=C/c2cc(I)cc(OC)c2OCc2cccc(Cl)c2)c(OC)c1. The number of amides is 3. The van der Waals surface area contributed by atoms with Gasteiger partial charge in [-0.2, -0.15) is 5.10 Å². The van der Waals surface area contributed by atoms with Crippen LogP contribution in [0.5, 0.6) is 23.0 Å². The Kier molecular flexibility index (Phi) is 12.1. The zero-order chi connectivity index (χ0) is 33.2. The molecular formula is C32H32ClIN4O8. The summed E-state index contributed by atoms with van der Waals surface area (Å²) in [5, 5.41) is 10.0. The molecule has 0 bridgehead atoms. The summed E-state index contributed by atoms with van der Waals surface area (Å²) >= 11 is 8.25. The molecule has 3 aromatic carbocycles. The first-order chi connectivity index (χ1) is 22.1. The third kappa shape index (κ3) is 8.81. The lowest BCUT2D eigenvalue weighted by Crippen LogP contribution is -2.45. The monoisotopic (exact) mass is 762 g/mol. The number of hydrazone groups is 1. The zero-order valence-corrected chi connectivity index (χ0v) is 28.4. The van der Waals surface area contributed by atoms with E-state index in [9.17, 15) is 14.4 Å². The maximum absolute atomic E-state index is 12.6. The standard InChI is InChI=1S/C32H32ClIN4O8/c1-5-44-31(40)28-18(2)36-32(41)37-29(28)20-9-10-24(25(13-20)42-3)45-17-27(39)38-35-15-21-12-23(34)14-26(43-4)30(21)46-16-19-7-6-8-22(33)11-19/h6-15,29H,5,16-17H2,1-4H3,(H,38,39)(H2,36,37,41)/b35-15+/t29-/m1/s1. The minimum Gasteiger partial charge on any atom is -0.493 e. The summed E-state index contributed by atoms with van der Waals surface area (Å²) in [6.07, 6.45) is 1.45. The van der Waals surface area contributed by atoms with E-state index in [1.165, 1.54) is 20.4 Å². The molecule has 0 aromatic heterocycles. The van der Waals surface area contributed by atoms with Crippen molar-refractivity contribution in [3.05, 3.63) is 91.2 Å². The maximum atomic E-state index is 12.6. The number of halogens is 2. The topological polar surface area (TPSA) is 146 Å². The number of nitrogens with one attached hydrogen (secondary N) is 3. The summed E-state index contributed by atoms with van der Waals surface area (Å²) in [5.74, 6) is 0.415. The molecule has 3 aromatic rings. The Morgan fingerprint density at radius 2 is 1.83 bits per heavy atom. The fourth-order valence-corrected chi connectivity index (χ4v) is 5.36. The molecule has 14 heteroatoms. The normalized spacial score (nSPS) is 14.3. The number of allylic oxidation sites excluding steroid dienone is 1. The molecule has 4 rings (SSSR count). The van der Waals surface area contributed by atoms with Gasteiger partial charge in [-0.1, -0.05) is 29.8 Å². The first kappa shape index (κ1) is 34.4. The molecule has 0 unspecified atom stereocenters. The van der Waals surface area contributed by atoms with E-state index in [1.807, 2.05) is 24.3 Å². The largest absolute Gasteiger partial charge is 0.493 e. The van der Waals surface area contributed by atoms with Crippen molar-refractivity contribution in [2.45, 2.75) is 26.5 Å². The summed E-state index contributed by atoms with van der Waals surface area (Å²) in [7, 11) is 2.98. The van der Waals surface area contributed by atoms with Crippen LogP contribution in [0.2, 0.25) is 5.02 Å².